The molecular weight excluding hydrogens is 440 g/mol. The van der Waals surface area contributed by atoms with Crippen LogP contribution < -0.4 is 19.5 Å². The van der Waals surface area contributed by atoms with E-state index in [0.717, 1.165) is 5.56 Å². The SMILES string of the molecule is CCOC(=O)COc1cccc(NC(=O)C2CC(=O)N(CCc3ccc(OC)c(OC)c3)C2)c1. The van der Waals surface area contributed by atoms with Crippen molar-refractivity contribution in [2.75, 3.05) is 45.8 Å². The summed E-state index contributed by atoms with van der Waals surface area (Å²) in [5.74, 6) is 0.534. The van der Waals surface area contributed by atoms with Crippen LogP contribution in [0.3, 0.4) is 0 Å². The maximum atomic E-state index is 12.8. The lowest BCUT2D eigenvalue weighted by Gasteiger charge is -2.17. The molecule has 1 saturated heterocycles. The van der Waals surface area contributed by atoms with Crippen molar-refractivity contribution in [3.8, 4) is 17.2 Å². The van der Waals surface area contributed by atoms with Crippen LogP contribution in [0.2, 0.25) is 0 Å². The minimum absolute atomic E-state index is 0.0489. The van der Waals surface area contributed by atoms with Crippen LogP contribution in [-0.2, 0) is 25.5 Å². The topological polar surface area (TPSA) is 103 Å². The molecule has 182 valence electrons. The maximum Gasteiger partial charge on any atom is 0.344 e. The summed E-state index contributed by atoms with van der Waals surface area (Å²) in [5.41, 5.74) is 1.54. The summed E-state index contributed by atoms with van der Waals surface area (Å²) in [5, 5.41) is 2.84. The first-order valence-corrected chi connectivity index (χ1v) is 11.1. The molecule has 2 aromatic rings. The van der Waals surface area contributed by atoms with Gasteiger partial charge in [-0.1, -0.05) is 12.1 Å². The van der Waals surface area contributed by atoms with Crippen LogP contribution in [-0.4, -0.2) is 63.2 Å². The Bertz CT molecular complexity index is 1020. The highest BCUT2D eigenvalue weighted by molar-refractivity contribution is 5.97. The molecule has 2 aromatic carbocycles. The van der Waals surface area contributed by atoms with Gasteiger partial charge in [0.05, 0.1) is 26.7 Å². The predicted octanol–water partition coefficient (Wildman–Crippen LogP) is 2.68. The van der Waals surface area contributed by atoms with Crippen LogP contribution in [0.4, 0.5) is 5.69 Å². The number of methoxy groups -OCH3 is 2. The molecule has 1 heterocycles. The molecule has 1 aliphatic heterocycles. The number of hydrogen-bond acceptors (Lipinski definition) is 7. The average Bonchev–Trinajstić information content (AvgIpc) is 3.22. The second-order valence-electron chi connectivity index (χ2n) is 7.79. The number of amides is 2. The van der Waals surface area contributed by atoms with Gasteiger partial charge in [-0.2, -0.15) is 0 Å². The van der Waals surface area contributed by atoms with E-state index in [9.17, 15) is 14.4 Å². The van der Waals surface area contributed by atoms with Crippen LogP contribution in [0.5, 0.6) is 17.2 Å². The van der Waals surface area contributed by atoms with Crippen molar-refractivity contribution in [3.05, 3.63) is 48.0 Å². The Kier molecular flexibility index (Phi) is 8.73. The smallest absolute Gasteiger partial charge is 0.344 e. The molecule has 9 nitrogen and oxygen atoms in total. The number of nitrogens with one attached hydrogen (secondary N) is 1. The van der Waals surface area contributed by atoms with E-state index in [-0.39, 0.29) is 31.4 Å². The Morgan fingerprint density at radius 3 is 2.62 bits per heavy atom. The van der Waals surface area contributed by atoms with E-state index in [1.165, 1.54) is 0 Å². The zero-order chi connectivity index (χ0) is 24.5. The number of nitrogens with zero attached hydrogens (tertiary/aromatic N) is 1. The molecule has 2 amide bonds. The van der Waals surface area contributed by atoms with E-state index in [0.29, 0.717) is 42.4 Å². The largest absolute Gasteiger partial charge is 0.493 e. The molecule has 0 saturated carbocycles. The Morgan fingerprint density at radius 2 is 1.88 bits per heavy atom. The number of benzene rings is 2. The second kappa shape index (κ2) is 11.9. The number of hydrogen-bond donors (Lipinski definition) is 1. The number of likely N-dealkylation sites (tertiary alicyclic amines) is 1. The lowest BCUT2D eigenvalue weighted by Crippen LogP contribution is -2.30. The van der Waals surface area contributed by atoms with E-state index in [1.807, 2.05) is 18.2 Å². The summed E-state index contributed by atoms with van der Waals surface area (Å²) in [6, 6.07) is 12.4. The van der Waals surface area contributed by atoms with Crippen LogP contribution in [0.15, 0.2) is 42.5 Å². The third-order valence-electron chi connectivity index (χ3n) is 5.47. The molecular formula is C25H30N2O7. The highest BCUT2D eigenvalue weighted by Crippen LogP contribution is 2.28. The third-order valence-corrected chi connectivity index (χ3v) is 5.47. The van der Waals surface area contributed by atoms with Gasteiger partial charge >= 0.3 is 5.97 Å². The molecule has 34 heavy (non-hydrogen) atoms. The van der Waals surface area contributed by atoms with Crippen molar-refractivity contribution in [2.24, 2.45) is 5.92 Å². The fraction of sp³-hybridized carbons (Fsp3) is 0.400. The highest BCUT2D eigenvalue weighted by Gasteiger charge is 2.34. The van der Waals surface area contributed by atoms with Crippen LogP contribution in [0, 0.1) is 5.92 Å². The van der Waals surface area contributed by atoms with Crippen LogP contribution >= 0.6 is 0 Å². The number of esters is 1. The number of carbonyl (C=O) groups is 3. The van der Waals surface area contributed by atoms with Gasteiger partial charge in [-0.15, -0.1) is 0 Å². The number of rotatable bonds is 11. The van der Waals surface area contributed by atoms with Crippen molar-refractivity contribution < 1.29 is 33.3 Å². The molecule has 9 heteroatoms. The third kappa shape index (κ3) is 6.63. The summed E-state index contributed by atoms with van der Waals surface area (Å²) in [6.07, 6.45) is 0.803. The minimum atomic E-state index is -0.463. The quantitative estimate of drug-likeness (QED) is 0.504. The Labute approximate surface area is 198 Å². The van der Waals surface area contributed by atoms with Crippen molar-refractivity contribution in [2.45, 2.75) is 19.8 Å². The lowest BCUT2D eigenvalue weighted by atomic mass is 10.1. The molecule has 0 bridgehead atoms. The summed E-state index contributed by atoms with van der Waals surface area (Å²) < 4.78 is 20.8. The van der Waals surface area contributed by atoms with Crippen molar-refractivity contribution >= 4 is 23.5 Å². The first kappa shape index (κ1) is 24.9. The molecule has 1 unspecified atom stereocenters. The zero-order valence-electron chi connectivity index (χ0n) is 19.7. The fourth-order valence-electron chi connectivity index (χ4n) is 3.72. The van der Waals surface area contributed by atoms with Gasteiger partial charge < -0.3 is 29.2 Å². The van der Waals surface area contributed by atoms with E-state index >= 15 is 0 Å². The minimum Gasteiger partial charge on any atom is -0.493 e. The van der Waals surface area contributed by atoms with E-state index < -0.39 is 11.9 Å². The monoisotopic (exact) mass is 470 g/mol. The summed E-state index contributed by atoms with van der Waals surface area (Å²) in [7, 11) is 3.16. The van der Waals surface area contributed by atoms with Gasteiger partial charge in [-0.25, -0.2) is 4.79 Å². The number of carbonyl (C=O) groups excluding carboxylic acids is 3. The summed E-state index contributed by atoms with van der Waals surface area (Å²) in [4.78, 5) is 38.4. The fourth-order valence-corrected chi connectivity index (χ4v) is 3.72. The molecule has 1 fully saturated rings. The lowest BCUT2D eigenvalue weighted by molar-refractivity contribution is -0.145. The maximum absolute atomic E-state index is 12.8. The molecule has 1 aliphatic rings. The van der Waals surface area contributed by atoms with Gasteiger partial charge in [0.1, 0.15) is 5.75 Å². The van der Waals surface area contributed by atoms with Crippen molar-refractivity contribution in [1.82, 2.24) is 4.90 Å². The molecule has 0 spiro atoms. The second-order valence-corrected chi connectivity index (χ2v) is 7.79. The first-order chi connectivity index (χ1) is 16.4. The van der Waals surface area contributed by atoms with Crippen molar-refractivity contribution in [3.63, 3.8) is 0 Å². The van der Waals surface area contributed by atoms with Crippen molar-refractivity contribution in [1.29, 1.82) is 0 Å². The zero-order valence-corrected chi connectivity index (χ0v) is 19.7. The standard InChI is InChI=1S/C25H30N2O7/c1-4-33-24(29)16-34-20-7-5-6-19(14-20)26-25(30)18-13-23(28)27(15-18)11-10-17-8-9-21(31-2)22(12-17)32-3/h5-9,12,14,18H,4,10-11,13,15-16H2,1-3H3,(H,26,30). The van der Waals surface area contributed by atoms with E-state index in [2.05, 4.69) is 5.32 Å². The molecule has 0 aromatic heterocycles. The van der Waals surface area contributed by atoms with E-state index in [1.54, 1.807) is 50.3 Å². The molecule has 0 radical (unpaired) electrons. The predicted molar refractivity (Wildman–Crippen MR) is 125 cm³/mol. The molecule has 1 atom stereocenters. The van der Waals surface area contributed by atoms with Crippen LogP contribution in [0.1, 0.15) is 18.9 Å². The Hall–Kier alpha value is -3.75. The first-order valence-electron chi connectivity index (χ1n) is 11.1. The van der Waals surface area contributed by atoms with Gasteiger partial charge in [-0.3, -0.25) is 9.59 Å². The summed E-state index contributed by atoms with van der Waals surface area (Å²) in [6.45, 7) is 2.66. The molecule has 0 aliphatic carbocycles. The van der Waals surface area contributed by atoms with Gasteiger partial charge in [0.2, 0.25) is 11.8 Å². The van der Waals surface area contributed by atoms with Gasteiger partial charge in [0.15, 0.2) is 18.1 Å². The van der Waals surface area contributed by atoms with E-state index in [4.69, 9.17) is 18.9 Å². The average molecular weight is 471 g/mol. The Balaban J connectivity index is 1.52. The number of ether oxygens (including phenoxy) is 4. The normalized spacial score (nSPS) is 15.1. The van der Waals surface area contributed by atoms with Gasteiger partial charge in [0.25, 0.3) is 0 Å². The molecule has 1 N–H and O–H groups in total. The summed E-state index contributed by atoms with van der Waals surface area (Å²) >= 11 is 0. The van der Waals surface area contributed by atoms with Gasteiger partial charge in [0, 0.05) is 31.3 Å². The molecule has 3 rings (SSSR count). The Morgan fingerprint density at radius 1 is 1.09 bits per heavy atom. The highest BCUT2D eigenvalue weighted by atomic mass is 16.6. The van der Waals surface area contributed by atoms with Gasteiger partial charge in [-0.05, 0) is 43.2 Å². The van der Waals surface area contributed by atoms with Crippen LogP contribution in [0.25, 0.3) is 0 Å². The number of anilines is 1.